The summed E-state index contributed by atoms with van der Waals surface area (Å²) in [6.07, 6.45) is 8.37. The van der Waals surface area contributed by atoms with Crippen molar-refractivity contribution in [2.24, 2.45) is 0 Å². The van der Waals surface area contributed by atoms with E-state index in [1.165, 1.54) is 31.3 Å². The molecule has 1 aliphatic heterocycles. The van der Waals surface area contributed by atoms with Gasteiger partial charge < -0.3 is 15.4 Å². The molecule has 1 fully saturated rings. The zero-order valence-corrected chi connectivity index (χ0v) is 10.3. The van der Waals surface area contributed by atoms with E-state index in [4.69, 9.17) is 4.74 Å². The van der Waals surface area contributed by atoms with Crippen LogP contribution in [-0.4, -0.2) is 38.3 Å². The first-order chi connectivity index (χ1) is 8.36. The Labute approximate surface area is 103 Å². The molecule has 1 unspecified atom stereocenters. The Hall–Kier alpha value is -0.870. The van der Waals surface area contributed by atoms with Crippen molar-refractivity contribution in [1.82, 2.24) is 10.6 Å². The Morgan fingerprint density at radius 2 is 2.47 bits per heavy atom. The molecule has 0 aromatic heterocycles. The van der Waals surface area contributed by atoms with Gasteiger partial charge in [0.25, 0.3) is 0 Å². The van der Waals surface area contributed by atoms with Crippen LogP contribution in [0.1, 0.15) is 32.1 Å². The van der Waals surface area contributed by atoms with Gasteiger partial charge >= 0.3 is 0 Å². The third kappa shape index (κ3) is 4.13. The molecule has 2 rings (SSSR count). The number of allylic oxidation sites excluding steroid dienone is 1. The Morgan fingerprint density at radius 1 is 1.53 bits per heavy atom. The normalized spacial score (nSPS) is 25.2. The highest BCUT2D eigenvalue weighted by molar-refractivity contribution is 5.81. The third-order valence-electron chi connectivity index (χ3n) is 3.37. The van der Waals surface area contributed by atoms with Gasteiger partial charge in [-0.3, -0.25) is 4.79 Å². The van der Waals surface area contributed by atoms with Crippen LogP contribution in [-0.2, 0) is 9.53 Å². The molecule has 2 N–H and O–H groups in total. The van der Waals surface area contributed by atoms with E-state index < -0.39 is 0 Å². The number of rotatable bonds is 4. The largest absolute Gasteiger partial charge is 0.378 e. The Balaban J connectivity index is 1.63. The number of nitrogens with one attached hydrogen (secondary N) is 2. The van der Waals surface area contributed by atoms with Crippen molar-refractivity contribution in [2.45, 2.75) is 38.1 Å². The van der Waals surface area contributed by atoms with E-state index in [-0.39, 0.29) is 11.9 Å². The van der Waals surface area contributed by atoms with Gasteiger partial charge in [-0.25, -0.2) is 0 Å². The monoisotopic (exact) mass is 238 g/mol. The molecule has 1 saturated heterocycles. The van der Waals surface area contributed by atoms with E-state index in [0.717, 1.165) is 19.5 Å². The van der Waals surface area contributed by atoms with Crippen LogP contribution in [0.5, 0.6) is 0 Å². The maximum atomic E-state index is 11.8. The van der Waals surface area contributed by atoms with Gasteiger partial charge in [-0.1, -0.05) is 11.6 Å². The average molecular weight is 238 g/mol. The molecular formula is C13H22N2O2. The molecule has 17 heavy (non-hydrogen) atoms. The summed E-state index contributed by atoms with van der Waals surface area (Å²) in [5.41, 5.74) is 1.50. The molecule has 0 spiro atoms. The molecule has 0 bridgehead atoms. The molecule has 1 atom stereocenters. The summed E-state index contributed by atoms with van der Waals surface area (Å²) in [6.45, 7) is 2.72. The summed E-state index contributed by atoms with van der Waals surface area (Å²) >= 11 is 0. The second-order valence-corrected chi connectivity index (χ2v) is 4.73. The first-order valence-corrected chi connectivity index (χ1v) is 6.63. The number of ether oxygens (including phenoxy) is 1. The summed E-state index contributed by atoms with van der Waals surface area (Å²) in [5, 5.41) is 6.13. The topological polar surface area (TPSA) is 50.4 Å². The van der Waals surface area contributed by atoms with Crippen molar-refractivity contribution in [3.63, 3.8) is 0 Å². The van der Waals surface area contributed by atoms with Crippen LogP contribution in [0.15, 0.2) is 11.6 Å². The van der Waals surface area contributed by atoms with E-state index in [2.05, 4.69) is 16.7 Å². The van der Waals surface area contributed by atoms with Gasteiger partial charge in [-0.2, -0.15) is 0 Å². The fraction of sp³-hybridized carbons (Fsp3) is 0.769. The van der Waals surface area contributed by atoms with Gasteiger partial charge in [0.15, 0.2) is 0 Å². The first-order valence-electron chi connectivity index (χ1n) is 6.63. The molecule has 1 aliphatic carbocycles. The van der Waals surface area contributed by atoms with Crippen LogP contribution in [0.25, 0.3) is 0 Å². The van der Waals surface area contributed by atoms with Crippen molar-refractivity contribution in [3.8, 4) is 0 Å². The van der Waals surface area contributed by atoms with E-state index in [1.54, 1.807) is 0 Å². The minimum atomic E-state index is -0.163. The Morgan fingerprint density at radius 3 is 3.18 bits per heavy atom. The summed E-state index contributed by atoms with van der Waals surface area (Å²) in [7, 11) is 0. The maximum Gasteiger partial charge on any atom is 0.239 e. The van der Waals surface area contributed by atoms with Crippen LogP contribution < -0.4 is 10.6 Å². The molecule has 96 valence electrons. The SMILES string of the molecule is O=C(NCCC1=CCCCC1)C1COCCN1. The summed E-state index contributed by atoms with van der Waals surface area (Å²) < 4.78 is 5.26. The lowest BCUT2D eigenvalue weighted by Crippen LogP contribution is -2.51. The summed E-state index contributed by atoms with van der Waals surface area (Å²) in [5.74, 6) is 0.0705. The standard InChI is InChI=1S/C13H22N2O2/c16-13(12-10-17-9-8-14-12)15-7-6-11-4-2-1-3-5-11/h4,12,14H,1-3,5-10H2,(H,15,16). The highest BCUT2D eigenvalue weighted by Gasteiger charge is 2.20. The van der Waals surface area contributed by atoms with E-state index >= 15 is 0 Å². The van der Waals surface area contributed by atoms with Gasteiger partial charge in [-0.15, -0.1) is 0 Å². The maximum absolute atomic E-state index is 11.8. The van der Waals surface area contributed by atoms with Crippen molar-refractivity contribution in [3.05, 3.63) is 11.6 Å². The number of hydrogen-bond donors (Lipinski definition) is 2. The second kappa shape index (κ2) is 6.77. The van der Waals surface area contributed by atoms with Crippen LogP contribution in [0.2, 0.25) is 0 Å². The minimum absolute atomic E-state index is 0.0705. The number of amides is 1. The Kier molecular flexibility index (Phi) is 5.01. The molecule has 1 amide bonds. The van der Waals surface area contributed by atoms with E-state index in [9.17, 15) is 4.79 Å². The summed E-state index contributed by atoms with van der Waals surface area (Å²) in [4.78, 5) is 11.8. The minimum Gasteiger partial charge on any atom is -0.378 e. The fourth-order valence-corrected chi connectivity index (χ4v) is 2.33. The molecule has 4 heteroatoms. The number of hydrogen-bond acceptors (Lipinski definition) is 3. The molecule has 2 aliphatic rings. The van der Waals surface area contributed by atoms with Gasteiger partial charge in [0.1, 0.15) is 6.04 Å². The molecule has 4 nitrogen and oxygen atoms in total. The molecule has 1 heterocycles. The van der Waals surface area contributed by atoms with Crippen molar-refractivity contribution >= 4 is 5.91 Å². The van der Waals surface area contributed by atoms with Crippen LogP contribution in [0, 0.1) is 0 Å². The zero-order valence-electron chi connectivity index (χ0n) is 10.3. The third-order valence-corrected chi connectivity index (χ3v) is 3.37. The molecule has 0 aromatic carbocycles. The van der Waals surface area contributed by atoms with Gasteiger partial charge in [0.05, 0.1) is 13.2 Å². The fourth-order valence-electron chi connectivity index (χ4n) is 2.33. The van der Waals surface area contributed by atoms with Crippen molar-refractivity contribution in [2.75, 3.05) is 26.3 Å². The van der Waals surface area contributed by atoms with E-state index in [0.29, 0.717) is 13.2 Å². The average Bonchev–Trinajstić information content (AvgIpc) is 2.41. The molecule has 0 saturated carbocycles. The highest BCUT2D eigenvalue weighted by Crippen LogP contribution is 2.19. The number of carbonyl (C=O) groups is 1. The van der Waals surface area contributed by atoms with E-state index in [1.807, 2.05) is 0 Å². The van der Waals surface area contributed by atoms with Crippen molar-refractivity contribution < 1.29 is 9.53 Å². The van der Waals surface area contributed by atoms with Gasteiger partial charge in [0.2, 0.25) is 5.91 Å². The lowest BCUT2D eigenvalue weighted by Gasteiger charge is -2.23. The lowest BCUT2D eigenvalue weighted by atomic mass is 9.97. The van der Waals surface area contributed by atoms with Crippen molar-refractivity contribution in [1.29, 1.82) is 0 Å². The molecular weight excluding hydrogens is 216 g/mol. The predicted octanol–water partition coefficient (Wildman–Crippen LogP) is 0.981. The molecule has 0 aromatic rings. The quantitative estimate of drug-likeness (QED) is 0.718. The lowest BCUT2D eigenvalue weighted by molar-refractivity contribution is -0.125. The second-order valence-electron chi connectivity index (χ2n) is 4.73. The van der Waals surface area contributed by atoms with Gasteiger partial charge in [-0.05, 0) is 32.1 Å². The molecule has 0 radical (unpaired) electrons. The number of carbonyl (C=O) groups excluding carboxylic acids is 1. The van der Waals surface area contributed by atoms with Crippen LogP contribution in [0.3, 0.4) is 0 Å². The van der Waals surface area contributed by atoms with Crippen LogP contribution >= 0.6 is 0 Å². The van der Waals surface area contributed by atoms with Gasteiger partial charge in [0, 0.05) is 13.1 Å². The zero-order chi connectivity index (χ0) is 11.9. The first kappa shape index (κ1) is 12.6. The smallest absolute Gasteiger partial charge is 0.239 e. The Bertz CT molecular complexity index is 283. The van der Waals surface area contributed by atoms with Crippen LogP contribution in [0.4, 0.5) is 0 Å². The predicted molar refractivity (Wildman–Crippen MR) is 66.8 cm³/mol. The number of morpholine rings is 1. The summed E-state index contributed by atoms with van der Waals surface area (Å²) in [6, 6.07) is -0.163. The highest BCUT2D eigenvalue weighted by atomic mass is 16.5.